The first-order chi connectivity index (χ1) is 8.83. The first-order valence-electron chi connectivity index (χ1n) is 5.75. The molecule has 0 bridgehead atoms. The number of ether oxygens (including phenoxy) is 1. The van der Waals surface area contributed by atoms with Crippen LogP contribution >= 0.6 is 11.3 Å². The summed E-state index contributed by atoms with van der Waals surface area (Å²) in [6.07, 6.45) is 1.82. The molecule has 0 unspecified atom stereocenters. The highest BCUT2D eigenvalue weighted by Crippen LogP contribution is 2.20. The minimum absolute atomic E-state index is 0.407. The Balaban J connectivity index is 2.04. The minimum Gasteiger partial charge on any atom is -0.378 e. The lowest BCUT2D eigenvalue weighted by Crippen LogP contribution is -1.93. The van der Waals surface area contributed by atoms with Crippen LogP contribution in [0.2, 0.25) is 0 Å². The van der Waals surface area contributed by atoms with E-state index in [-0.39, 0.29) is 0 Å². The second-order valence-corrected chi connectivity index (χ2v) is 5.00. The Morgan fingerprint density at radius 2 is 2.06 bits per heavy atom. The molecule has 0 atom stereocenters. The van der Waals surface area contributed by atoms with Crippen LogP contribution in [0.4, 0.5) is 0 Å². The third-order valence-corrected chi connectivity index (χ3v) is 3.66. The lowest BCUT2D eigenvalue weighted by Gasteiger charge is -1.97. The molecule has 0 aliphatic rings. The molecule has 4 heteroatoms. The van der Waals surface area contributed by atoms with Crippen LogP contribution in [0.3, 0.4) is 0 Å². The van der Waals surface area contributed by atoms with E-state index in [1.54, 1.807) is 7.11 Å². The van der Waals surface area contributed by atoms with Crippen LogP contribution < -0.4 is 0 Å². The van der Waals surface area contributed by atoms with Crippen LogP contribution in [0, 0.1) is 11.3 Å². The topological polar surface area (TPSA) is 45.9 Å². The van der Waals surface area contributed by atoms with Gasteiger partial charge in [0.2, 0.25) is 0 Å². The molecule has 0 fully saturated rings. The second-order valence-electron chi connectivity index (χ2n) is 3.91. The van der Waals surface area contributed by atoms with E-state index < -0.39 is 0 Å². The lowest BCUT2D eigenvalue weighted by atomic mass is 10.1. The molecule has 0 spiro atoms. The maximum atomic E-state index is 9.01. The summed E-state index contributed by atoms with van der Waals surface area (Å²) in [5.41, 5.74) is 2.05. The van der Waals surface area contributed by atoms with Crippen LogP contribution in [0.25, 0.3) is 0 Å². The van der Waals surface area contributed by atoms with E-state index in [1.807, 2.05) is 18.2 Å². The number of nitriles is 1. The summed E-state index contributed by atoms with van der Waals surface area (Å²) >= 11 is 1.47. The molecule has 0 amide bonds. The normalized spacial score (nSPS) is 10.2. The summed E-state index contributed by atoms with van der Waals surface area (Å²) in [5.74, 6) is 0. The summed E-state index contributed by atoms with van der Waals surface area (Å²) in [7, 11) is 1.62. The molecule has 0 aliphatic heterocycles. The van der Waals surface area contributed by atoms with Crippen LogP contribution in [-0.2, 0) is 24.2 Å². The Morgan fingerprint density at radius 1 is 1.28 bits per heavy atom. The van der Waals surface area contributed by atoms with Crippen LogP contribution in [0.1, 0.15) is 21.1 Å². The van der Waals surface area contributed by atoms with Gasteiger partial charge in [-0.25, -0.2) is 4.98 Å². The molecule has 1 aromatic heterocycles. The Labute approximate surface area is 111 Å². The van der Waals surface area contributed by atoms with Gasteiger partial charge in [0.05, 0.1) is 17.3 Å². The predicted octanol–water partition coefficient (Wildman–Crippen LogP) is 2.95. The molecule has 3 nitrogen and oxygen atoms in total. The van der Waals surface area contributed by atoms with Crippen molar-refractivity contribution in [3.8, 4) is 6.07 Å². The maximum Gasteiger partial charge on any atom is 0.130 e. The first kappa shape index (κ1) is 12.7. The Morgan fingerprint density at radius 3 is 2.72 bits per heavy atom. The fourth-order valence-corrected chi connectivity index (χ4v) is 2.59. The zero-order valence-corrected chi connectivity index (χ0v) is 11.0. The molecule has 0 aliphatic carbocycles. The van der Waals surface area contributed by atoms with Crippen LogP contribution in [0.5, 0.6) is 0 Å². The Bertz CT molecular complexity index is 543. The molecular formula is C14H14N2OS. The van der Waals surface area contributed by atoms with Crippen LogP contribution in [0.15, 0.2) is 30.3 Å². The number of hydrogen-bond acceptors (Lipinski definition) is 4. The van der Waals surface area contributed by atoms with Crippen LogP contribution in [-0.4, -0.2) is 12.1 Å². The minimum atomic E-state index is 0.407. The van der Waals surface area contributed by atoms with Gasteiger partial charge in [-0.05, 0) is 12.0 Å². The quantitative estimate of drug-likeness (QED) is 0.828. The molecule has 1 heterocycles. The third kappa shape index (κ3) is 3.16. The van der Waals surface area contributed by atoms with Crippen molar-refractivity contribution in [2.24, 2.45) is 0 Å². The van der Waals surface area contributed by atoms with Crippen molar-refractivity contribution in [1.29, 1.82) is 5.26 Å². The van der Waals surface area contributed by atoms with Crippen molar-refractivity contribution in [2.45, 2.75) is 19.4 Å². The summed E-state index contributed by atoms with van der Waals surface area (Å²) in [4.78, 5) is 5.12. The van der Waals surface area contributed by atoms with Gasteiger partial charge in [0.25, 0.3) is 0 Å². The SMILES string of the molecule is COCc1nc(CCc2ccccc2)sc1C#N. The predicted molar refractivity (Wildman–Crippen MR) is 71.4 cm³/mol. The average molecular weight is 258 g/mol. The van der Waals surface area contributed by atoms with Crippen molar-refractivity contribution in [3.63, 3.8) is 0 Å². The van der Waals surface area contributed by atoms with Crippen molar-refractivity contribution in [3.05, 3.63) is 51.5 Å². The molecule has 2 rings (SSSR count). The van der Waals surface area contributed by atoms with Crippen molar-refractivity contribution in [2.75, 3.05) is 7.11 Å². The first-order valence-corrected chi connectivity index (χ1v) is 6.56. The molecule has 0 radical (unpaired) electrons. The van der Waals surface area contributed by atoms with Gasteiger partial charge < -0.3 is 4.74 Å². The smallest absolute Gasteiger partial charge is 0.130 e. The number of thiazole rings is 1. The maximum absolute atomic E-state index is 9.01. The Kier molecular flexibility index (Phi) is 4.46. The molecule has 1 aromatic carbocycles. The number of nitrogens with zero attached hydrogens (tertiary/aromatic N) is 2. The van der Waals surface area contributed by atoms with Crippen molar-refractivity contribution < 1.29 is 4.74 Å². The van der Waals surface area contributed by atoms with E-state index in [0.29, 0.717) is 11.5 Å². The van der Waals surface area contributed by atoms with E-state index in [9.17, 15) is 0 Å². The molecule has 2 aromatic rings. The summed E-state index contributed by atoms with van der Waals surface area (Å²) < 4.78 is 5.04. The standard InChI is InChI=1S/C14H14N2OS/c1-17-10-12-13(9-15)18-14(16-12)8-7-11-5-3-2-4-6-11/h2-6H,7-8,10H2,1H3. The molecule has 92 valence electrons. The number of aryl methyl sites for hydroxylation is 2. The highest BCUT2D eigenvalue weighted by molar-refractivity contribution is 7.12. The zero-order chi connectivity index (χ0) is 12.8. The van der Waals surface area contributed by atoms with Gasteiger partial charge in [0, 0.05) is 13.5 Å². The highest BCUT2D eigenvalue weighted by atomic mass is 32.1. The molecule has 0 saturated heterocycles. The number of methoxy groups -OCH3 is 1. The number of rotatable bonds is 5. The van der Waals surface area contributed by atoms with Gasteiger partial charge in [-0.3, -0.25) is 0 Å². The summed E-state index contributed by atoms with van der Waals surface area (Å²) in [6.45, 7) is 0.407. The Hall–Kier alpha value is -1.70. The second kappa shape index (κ2) is 6.29. The van der Waals surface area contributed by atoms with Gasteiger partial charge in [-0.1, -0.05) is 30.3 Å². The molecule has 0 N–H and O–H groups in total. The molecular weight excluding hydrogens is 244 g/mol. The molecule has 0 saturated carbocycles. The monoisotopic (exact) mass is 258 g/mol. The fraction of sp³-hybridized carbons (Fsp3) is 0.286. The van der Waals surface area contributed by atoms with Crippen molar-refractivity contribution in [1.82, 2.24) is 4.98 Å². The highest BCUT2D eigenvalue weighted by Gasteiger charge is 2.10. The molecule has 18 heavy (non-hydrogen) atoms. The van der Waals surface area contributed by atoms with E-state index in [4.69, 9.17) is 10.00 Å². The summed E-state index contributed by atoms with van der Waals surface area (Å²) in [5, 5.41) is 10.0. The van der Waals surface area contributed by atoms with Gasteiger partial charge in [-0.2, -0.15) is 5.26 Å². The van der Waals surface area contributed by atoms with E-state index in [2.05, 4.69) is 23.2 Å². The van der Waals surface area contributed by atoms with Gasteiger partial charge in [-0.15, -0.1) is 11.3 Å². The van der Waals surface area contributed by atoms with E-state index in [1.165, 1.54) is 16.9 Å². The summed E-state index contributed by atoms with van der Waals surface area (Å²) in [6, 6.07) is 12.5. The lowest BCUT2D eigenvalue weighted by molar-refractivity contribution is 0.181. The van der Waals surface area contributed by atoms with Gasteiger partial charge >= 0.3 is 0 Å². The third-order valence-electron chi connectivity index (χ3n) is 2.59. The number of benzene rings is 1. The number of aromatic nitrogens is 1. The zero-order valence-electron chi connectivity index (χ0n) is 10.2. The largest absolute Gasteiger partial charge is 0.378 e. The van der Waals surface area contributed by atoms with Gasteiger partial charge in [0.15, 0.2) is 0 Å². The average Bonchev–Trinajstić information content (AvgIpc) is 2.80. The van der Waals surface area contributed by atoms with E-state index in [0.717, 1.165) is 23.5 Å². The van der Waals surface area contributed by atoms with E-state index >= 15 is 0 Å². The van der Waals surface area contributed by atoms with Crippen molar-refractivity contribution >= 4 is 11.3 Å². The fourth-order valence-electron chi connectivity index (χ4n) is 1.73. The van der Waals surface area contributed by atoms with Gasteiger partial charge in [0.1, 0.15) is 10.9 Å². The number of hydrogen-bond donors (Lipinski definition) is 0.